The number of Topliss-reactive ketones (excluding diaryl/α,β-unsaturated/α-hetero) is 1. The molecule has 4 aromatic heterocycles. The third kappa shape index (κ3) is 27.8. The van der Waals surface area contributed by atoms with Gasteiger partial charge in [-0.25, -0.2) is 0 Å². The number of rotatable bonds is 50. The molecule has 4 saturated heterocycles. The smallest absolute Gasteiger partial charge is 0.217 e. The van der Waals surface area contributed by atoms with Crippen molar-refractivity contribution in [2.24, 2.45) is 5.92 Å². The van der Waals surface area contributed by atoms with Gasteiger partial charge in [0.25, 0.3) is 0 Å². The van der Waals surface area contributed by atoms with Gasteiger partial charge in [0, 0.05) is 130 Å². The lowest BCUT2D eigenvalue weighted by Gasteiger charge is -2.42. The molecule has 8 rings (SSSR count). The second kappa shape index (κ2) is 46.3. The first-order chi connectivity index (χ1) is 53.4. The van der Waals surface area contributed by atoms with E-state index in [2.05, 4.69) is 62.1 Å². The van der Waals surface area contributed by atoms with Crippen LogP contribution in [0, 0.1) is 5.92 Å². The molecule has 3 amide bonds. The van der Waals surface area contributed by atoms with Crippen LogP contribution in [0.5, 0.6) is 0 Å². The lowest BCUT2D eigenvalue weighted by Crippen LogP contribution is -2.64. The van der Waals surface area contributed by atoms with E-state index in [9.17, 15) is 80.5 Å². The Morgan fingerprint density at radius 3 is 1.01 bits per heavy atom. The maximum atomic E-state index is 14.0. The van der Waals surface area contributed by atoms with Crippen molar-refractivity contribution in [3.8, 4) is 0 Å². The highest BCUT2D eigenvalue weighted by Crippen LogP contribution is 2.29. The number of ketones is 1. The second-order valence-corrected chi connectivity index (χ2v) is 29.2. The summed E-state index contributed by atoms with van der Waals surface area (Å²) in [5.41, 5.74) is 2.65. The molecule has 0 bridgehead atoms. The first-order valence-corrected chi connectivity index (χ1v) is 38.7. The van der Waals surface area contributed by atoms with E-state index in [1.807, 2.05) is 29.7 Å². The summed E-state index contributed by atoms with van der Waals surface area (Å²) in [6.07, 6.45) is -1.91. The average molecular weight is 1580 g/mol. The van der Waals surface area contributed by atoms with Crippen LogP contribution in [0.4, 0.5) is 0 Å². The van der Waals surface area contributed by atoms with Gasteiger partial charge in [-0.1, -0.05) is 34.2 Å². The number of nitrogens with zero attached hydrogens (tertiary/aromatic N) is 14. The second-order valence-electron chi connectivity index (χ2n) is 29.2. The number of carbonyl (C=O) groups is 4. The molecule has 628 valence electrons. The lowest BCUT2D eigenvalue weighted by atomic mass is 9.92. The zero-order valence-electron chi connectivity index (χ0n) is 64.1. The first-order valence-electron chi connectivity index (χ1n) is 38.7. The summed E-state index contributed by atoms with van der Waals surface area (Å²) in [5.74, 6) is -1.92. The molecular weight excluding hydrogens is 1460 g/mol. The van der Waals surface area contributed by atoms with Crippen molar-refractivity contribution in [1.29, 1.82) is 0 Å². The molecule has 15 N–H and O–H groups in total. The van der Waals surface area contributed by atoms with Crippen molar-refractivity contribution in [1.82, 2.24) is 85.7 Å². The largest absolute Gasteiger partial charge is 0.394 e. The molecule has 21 atom stereocenters. The molecule has 111 heavy (non-hydrogen) atoms. The third-order valence-corrected chi connectivity index (χ3v) is 20.2. The lowest BCUT2D eigenvalue weighted by molar-refractivity contribution is -0.282. The molecule has 0 spiro atoms. The van der Waals surface area contributed by atoms with Gasteiger partial charge in [0.15, 0.2) is 25.2 Å². The van der Waals surface area contributed by atoms with Gasteiger partial charge in [-0.05, 0) is 103 Å². The molecular formula is C70H119N17O24. The van der Waals surface area contributed by atoms with Crippen molar-refractivity contribution in [3.05, 3.63) is 47.6 Å². The normalized spacial score (nSPS) is 28.7. The molecule has 0 aliphatic carbocycles. The maximum absolute atomic E-state index is 14.0. The van der Waals surface area contributed by atoms with Crippen LogP contribution in [0.2, 0.25) is 0 Å². The van der Waals surface area contributed by atoms with Gasteiger partial charge in [0.2, 0.25) is 17.7 Å². The highest BCUT2D eigenvalue weighted by molar-refractivity contribution is 5.81. The van der Waals surface area contributed by atoms with E-state index in [-0.39, 0.29) is 38.7 Å². The average Bonchev–Trinajstić information content (AvgIpc) is 1.83. The van der Waals surface area contributed by atoms with E-state index in [4.69, 9.17) is 37.9 Å². The number of unbranched alkanes of at least 4 members (excludes halogenated alkanes) is 9. The Hall–Kier alpha value is -6.24. The summed E-state index contributed by atoms with van der Waals surface area (Å²) in [5, 5.41) is 166. The molecule has 1 unspecified atom stereocenters. The highest BCUT2D eigenvalue weighted by atomic mass is 16.7. The number of hydrogen-bond acceptors (Lipinski definition) is 34. The molecule has 4 aliphatic rings. The monoisotopic (exact) mass is 1580 g/mol. The number of ether oxygens (including phenoxy) is 8. The minimum Gasteiger partial charge on any atom is -0.394 e. The van der Waals surface area contributed by atoms with Gasteiger partial charge in [-0.2, -0.15) is 0 Å². The number of aryl methyl sites for hydroxylation is 4. The predicted octanol–water partition coefficient (Wildman–Crippen LogP) is -4.46. The summed E-state index contributed by atoms with van der Waals surface area (Å²) in [7, 11) is 0. The molecule has 4 fully saturated rings. The van der Waals surface area contributed by atoms with Crippen LogP contribution in [0.15, 0.2) is 24.8 Å². The number of amides is 3. The fraction of sp³-hybridized carbons (Fsp3) is 0.829. The Morgan fingerprint density at radius 1 is 0.405 bits per heavy atom. The highest BCUT2D eigenvalue weighted by Gasteiger charge is 2.49. The van der Waals surface area contributed by atoms with Crippen molar-refractivity contribution >= 4 is 23.5 Å². The first kappa shape index (κ1) is 90.3. The fourth-order valence-electron chi connectivity index (χ4n) is 14.0. The van der Waals surface area contributed by atoms with E-state index in [0.29, 0.717) is 159 Å². The maximum Gasteiger partial charge on any atom is 0.217 e. The third-order valence-electron chi connectivity index (χ3n) is 20.2. The van der Waals surface area contributed by atoms with Gasteiger partial charge >= 0.3 is 0 Å². The van der Waals surface area contributed by atoms with E-state index in [1.54, 1.807) is 32.6 Å². The number of aliphatic hydroxyl groups is 12. The van der Waals surface area contributed by atoms with Crippen LogP contribution in [0.3, 0.4) is 0 Å². The van der Waals surface area contributed by atoms with Gasteiger partial charge in [-0.3, -0.25) is 47.7 Å². The van der Waals surface area contributed by atoms with Crippen LogP contribution in [0.25, 0.3) is 0 Å². The van der Waals surface area contributed by atoms with Crippen LogP contribution in [-0.2, 0) is 109 Å². The molecule has 8 heterocycles. The number of hydrogen-bond donors (Lipinski definition) is 15. The van der Waals surface area contributed by atoms with E-state index >= 15 is 0 Å². The standard InChI is InChI=1S/C70H119N17O24/c1-42-59(96)60(97)52(38-88)108-67(42)104-26-16-6-11-24-86-36-49(76-80-86)32-83(33-50-37-87(81-77-50)25-14-9-19-29-107-70-58(73-46(5)95)66(103)63(100)55(41-91)111-70)51(43(2)92)20-10-15-21-82(30-47-34-84(78-74-47)22-12-7-17-27-105-68-56(71-44(3)93)64(101)61(98)53(39-89)109-68)31-48-35-85(79-75-48)23-13-8-18-28-106-69-57(72-45(4)94)65(102)62(99)54(40-90)110-69/h34-37,42,51-70,88-91,96-103H,6-33,38-41H2,1-5H3,(H,71,93)(H,72,94)(H,73,95)/t42-,51?,52-,53-,54-,55-,56-,57-,58-,59-,60+,61+,62+,63+,64-,65-,66-,67-,68-,69-,70-/m1/s1. The molecule has 4 aliphatic heterocycles. The molecule has 0 radical (unpaired) electrons. The van der Waals surface area contributed by atoms with Crippen molar-refractivity contribution < 1.29 is 118 Å². The SMILES string of the molecule is CC(=O)N[C@H]1[C@H](OCCCCCn2cc(CN(CCCCC(C(C)=O)N(Cc3cn(CCCCCO[C@@H]4O[C@H](CO)[C@H](O)[C@H](O)[C@H]4C)nn3)Cc3cn(CCCCCO[C@@H]4O[C@H](CO)[C@H](O)[C@H](O)[C@H]4NC(C)=O)nn3)Cc3cn(CCCCCO[C@@H]4O[C@H](CO)[C@H](O)[C@H](O)[C@H]4NC(C)=O)nn3)nn2)O[C@H](CO)[C@H](O)[C@@H]1O. The summed E-state index contributed by atoms with van der Waals surface area (Å²) >= 11 is 0. The Labute approximate surface area is 644 Å². The van der Waals surface area contributed by atoms with E-state index < -0.39 is 173 Å². The fourth-order valence-corrected chi connectivity index (χ4v) is 14.0. The van der Waals surface area contributed by atoms with Crippen molar-refractivity contribution in [3.63, 3.8) is 0 Å². The Balaban J connectivity index is 0.887. The van der Waals surface area contributed by atoms with E-state index in [0.717, 1.165) is 12.8 Å². The topological polar surface area (TPSA) is 550 Å². The number of aliphatic hydroxyl groups excluding tert-OH is 12. The zero-order valence-corrected chi connectivity index (χ0v) is 64.1. The van der Waals surface area contributed by atoms with Crippen LogP contribution < -0.4 is 16.0 Å². The molecule has 41 nitrogen and oxygen atoms in total. The summed E-state index contributed by atoms with van der Waals surface area (Å²) in [6, 6.07) is -3.73. The number of nitrogens with one attached hydrogen (secondary N) is 3. The minimum atomic E-state index is -1.43. The van der Waals surface area contributed by atoms with Gasteiger partial charge in [-0.15, -0.1) is 20.4 Å². The van der Waals surface area contributed by atoms with E-state index in [1.165, 1.54) is 20.8 Å². The van der Waals surface area contributed by atoms with Crippen molar-refractivity contribution in [2.75, 3.05) is 59.4 Å². The predicted molar refractivity (Wildman–Crippen MR) is 384 cm³/mol. The Bertz CT molecular complexity index is 3260. The number of carbonyl (C=O) groups excluding carboxylic acids is 4. The summed E-state index contributed by atoms with van der Waals surface area (Å²) in [4.78, 5) is 54.0. The Morgan fingerprint density at radius 2 is 0.703 bits per heavy atom. The molecule has 0 saturated carbocycles. The minimum absolute atomic E-state index is 0.0641. The molecule has 4 aromatic rings. The van der Waals surface area contributed by atoms with Gasteiger partial charge < -0.3 is 115 Å². The zero-order chi connectivity index (χ0) is 80.1. The quantitative estimate of drug-likeness (QED) is 0.0185. The molecule has 41 heteroatoms. The summed E-state index contributed by atoms with van der Waals surface area (Å²) in [6.45, 7) is 9.85. The molecule has 0 aromatic carbocycles. The Kier molecular flexibility index (Phi) is 37.7. The van der Waals surface area contributed by atoms with Crippen LogP contribution in [0.1, 0.15) is 154 Å². The summed E-state index contributed by atoms with van der Waals surface area (Å²) < 4.78 is 53.5. The van der Waals surface area contributed by atoms with Gasteiger partial charge in [0.05, 0.1) is 61.3 Å². The van der Waals surface area contributed by atoms with Crippen LogP contribution in [-0.4, -0.2) is 337 Å². The van der Waals surface area contributed by atoms with Crippen LogP contribution >= 0.6 is 0 Å². The number of aromatic nitrogens is 12. The van der Waals surface area contributed by atoms with Crippen molar-refractivity contribution in [2.45, 2.75) is 306 Å². The van der Waals surface area contributed by atoms with Gasteiger partial charge in [0.1, 0.15) is 91.1 Å².